The van der Waals surface area contributed by atoms with Crippen molar-refractivity contribution in [2.24, 2.45) is 12.5 Å². The molecule has 1 spiro atoms. The van der Waals surface area contributed by atoms with Gasteiger partial charge in [0.15, 0.2) is 0 Å². The molecule has 174 valence electrons. The Bertz CT molecular complexity index is 971. The number of rotatable bonds is 7. The average molecular weight is 446 g/mol. The number of carbonyl (C=O) groups is 1. The first-order chi connectivity index (χ1) is 15.3. The summed E-state index contributed by atoms with van der Waals surface area (Å²) in [7, 11) is 3.23. The van der Waals surface area contributed by atoms with Crippen LogP contribution in [0.5, 0.6) is 5.75 Å². The van der Waals surface area contributed by atoms with E-state index < -0.39 is 12.3 Å². The van der Waals surface area contributed by atoms with Crippen molar-refractivity contribution in [1.29, 1.82) is 0 Å². The zero-order valence-electron chi connectivity index (χ0n) is 19.3. The molecule has 0 N–H and O–H groups in total. The standard InChI is InChI=1S/C23H32FN5O3/c1-15(24)13-28(3)22(30)31-14-18-21(26-27-29(18)4)17-8-9-19(16(2)25-17)32-20-12-23(20)10-6-5-7-11-23/h8-9,15,20H,5-7,10-14H2,1-4H3. The fourth-order valence-corrected chi connectivity index (χ4v) is 4.65. The SMILES string of the molecule is Cc1nc(-c2nnn(C)c2COC(=O)N(C)CC(C)F)ccc1OC1CC12CCCCC2. The molecule has 0 saturated heterocycles. The molecule has 2 heterocycles. The quantitative estimate of drug-likeness (QED) is 0.635. The second kappa shape index (κ2) is 9.03. The minimum atomic E-state index is -1.13. The Labute approximate surface area is 188 Å². The normalized spacial score (nSPS) is 20.1. The average Bonchev–Trinajstić information content (AvgIpc) is 3.25. The Kier molecular flexibility index (Phi) is 6.35. The maximum absolute atomic E-state index is 13.1. The van der Waals surface area contributed by atoms with Gasteiger partial charge >= 0.3 is 6.09 Å². The van der Waals surface area contributed by atoms with Gasteiger partial charge in [0.2, 0.25) is 0 Å². The highest BCUT2D eigenvalue weighted by atomic mass is 19.1. The topological polar surface area (TPSA) is 82.4 Å². The number of pyridine rings is 1. The van der Waals surface area contributed by atoms with Gasteiger partial charge in [-0.05, 0) is 45.2 Å². The number of aromatic nitrogens is 4. The predicted octanol–water partition coefficient (Wildman–Crippen LogP) is 4.21. The molecular weight excluding hydrogens is 413 g/mol. The molecule has 1 amide bonds. The van der Waals surface area contributed by atoms with Gasteiger partial charge in [0.05, 0.1) is 17.9 Å². The molecule has 4 rings (SSSR count). The summed E-state index contributed by atoms with van der Waals surface area (Å²) in [5, 5.41) is 8.28. The van der Waals surface area contributed by atoms with Gasteiger partial charge in [0, 0.05) is 19.5 Å². The van der Waals surface area contributed by atoms with E-state index in [4.69, 9.17) is 14.5 Å². The van der Waals surface area contributed by atoms with E-state index in [1.54, 1.807) is 11.7 Å². The molecule has 2 aliphatic carbocycles. The molecule has 0 aliphatic heterocycles. The van der Waals surface area contributed by atoms with Gasteiger partial charge in [0.1, 0.15) is 36.0 Å². The van der Waals surface area contributed by atoms with Crippen molar-refractivity contribution in [2.45, 2.75) is 71.3 Å². The number of halogens is 1. The van der Waals surface area contributed by atoms with Crippen LogP contribution in [-0.4, -0.2) is 56.8 Å². The zero-order valence-corrected chi connectivity index (χ0v) is 19.3. The summed E-state index contributed by atoms with van der Waals surface area (Å²) in [6, 6.07) is 3.80. The lowest BCUT2D eigenvalue weighted by Gasteiger charge is -2.22. The summed E-state index contributed by atoms with van der Waals surface area (Å²) in [6.07, 6.45) is 6.19. The van der Waals surface area contributed by atoms with Gasteiger partial charge in [-0.15, -0.1) is 5.10 Å². The lowest BCUT2D eigenvalue weighted by atomic mass is 9.86. The van der Waals surface area contributed by atoms with E-state index in [-0.39, 0.29) is 13.2 Å². The molecule has 32 heavy (non-hydrogen) atoms. The number of nitrogens with zero attached hydrogens (tertiary/aromatic N) is 5. The summed E-state index contributed by atoms with van der Waals surface area (Å²) < 4.78 is 26.3. The van der Waals surface area contributed by atoms with E-state index in [0.29, 0.717) is 28.6 Å². The van der Waals surface area contributed by atoms with Crippen molar-refractivity contribution in [3.8, 4) is 17.1 Å². The van der Waals surface area contributed by atoms with Crippen LogP contribution in [0.15, 0.2) is 12.1 Å². The molecule has 2 aromatic heterocycles. The van der Waals surface area contributed by atoms with E-state index in [9.17, 15) is 9.18 Å². The number of ether oxygens (including phenoxy) is 2. The van der Waals surface area contributed by atoms with Crippen LogP contribution in [0.25, 0.3) is 11.4 Å². The van der Waals surface area contributed by atoms with Gasteiger partial charge in [-0.1, -0.05) is 24.5 Å². The van der Waals surface area contributed by atoms with Crippen LogP contribution in [-0.2, 0) is 18.4 Å². The second-order valence-electron chi connectivity index (χ2n) is 9.24. The number of carbonyl (C=O) groups excluding carboxylic acids is 1. The zero-order chi connectivity index (χ0) is 22.9. The van der Waals surface area contributed by atoms with E-state index in [1.165, 1.54) is 51.0 Å². The Morgan fingerprint density at radius 1 is 1.34 bits per heavy atom. The van der Waals surface area contributed by atoms with Crippen LogP contribution in [0.3, 0.4) is 0 Å². The van der Waals surface area contributed by atoms with Crippen molar-refractivity contribution >= 4 is 6.09 Å². The highest BCUT2D eigenvalue weighted by molar-refractivity contribution is 5.67. The second-order valence-corrected chi connectivity index (χ2v) is 9.24. The third kappa shape index (κ3) is 4.71. The molecule has 0 aromatic carbocycles. The van der Waals surface area contributed by atoms with Crippen molar-refractivity contribution in [1.82, 2.24) is 24.9 Å². The van der Waals surface area contributed by atoms with Crippen molar-refractivity contribution in [3.63, 3.8) is 0 Å². The van der Waals surface area contributed by atoms with E-state index in [1.807, 2.05) is 19.1 Å². The molecule has 2 saturated carbocycles. The fourth-order valence-electron chi connectivity index (χ4n) is 4.65. The highest BCUT2D eigenvalue weighted by Gasteiger charge is 2.56. The third-order valence-corrected chi connectivity index (χ3v) is 6.63. The van der Waals surface area contributed by atoms with Crippen LogP contribution < -0.4 is 4.74 Å². The van der Waals surface area contributed by atoms with E-state index in [0.717, 1.165) is 17.9 Å². The molecule has 0 bridgehead atoms. The minimum Gasteiger partial charge on any atom is -0.488 e. The molecule has 2 unspecified atom stereocenters. The number of aryl methyl sites for hydroxylation is 2. The first-order valence-corrected chi connectivity index (χ1v) is 11.3. The van der Waals surface area contributed by atoms with Crippen LogP contribution >= 0.6 is 0 Å². The molecule has 9 heteroatoms. The summed E-state index contributed by atoms with van der Waals surface area (Å²) in [5.74, 6) is 0.806. The number of hydrogen-bond acceptors (Lipinski definition) is 6. The first-order valence-electron chi connectivity index (χ1n) is 11.3. The Hall–Kier alpha value is -2.71. The number of amides is 1. The van der Waals surface area contributed by atoms with Gasteiger partial charge < -0.3 is 14.4 Å². The highest BCUT2D eigenvalue weighted by Crippen LogP contribution is 2.58. The van der Waals surface area contributed by atoms with Crippen molar-refractivity contribution in [2.75, 3.05) is 13.6 Å². The Balaban J connectivity index is 1.43. The third-order valence-electron chi connectivity index (χ3n) is 6.63. The van der Waals surface area contributed by atoms with Crippen LogP contribution in [0, 0.1) is 12.3 Å². The fraction of sp³-hybridized carbons (Fsp3) is 0.652. The van der Waals surface area contributed by atoms with Crippen molar-refractivity contribution in [3.05, 3.63) is 23.5 Å². The van der Waals surface area contributed by atoms with Gasteiger partial charge in [-0.25, -0.2) is 18.9 Å². The van der Waals surface area contributed by atoms with Crippen LogP contribution in [0.2, 0.25) is 0 Å². The molecular formula is C23H32FN5O3. The predicted molar refractivity (Wildman–Crippen MR) is 117 cm³/mol. The summed E-state index contributed by atoms with van der Waals surface area (Å²) in [4.78, 5) is 18.0. The maximum Gasteiger partial charge on any atom is 0.409 e. The summed E-state index contributed by atoms with van der Waals surface area (Å²) >= 11 is 0. The lowest BCUT2D eigenvalue weighted by Crippen LogP contribution is -2.32. The van der Waals surface area contributed by atoms with Gasteiger partial charge in [-0.2, -0.15) is 0 Å². The smallest absolute Gasteiger partial charge is 0.409 e. The molecule has 8 nitrogen and oxygen atoms in total. The molecule has 2 atom stereocenters. The first kappa shape index (κ1) is 22.5. The summed E-state index contributed by atoms with van der Waals surface area (Å²) in [5.41, 5.74) is 2.99. The molecule has 0 radical (unpaired) electrons. The number of alkyl halides is 1. The van der Waals surface area contributed by atoms with Crippen LogP contribution in [0.1, 0.15) is 56.8 Å². The molecule has 2 fully saturated rings. The van der Waals surface area contributed by atoms with E-state index >= 15 is 0 Å². The Morgan fingerprint density at radius 2 is 2.09 bits per heavy atom. The number of hydrogen-bond donors (Lipinski definition) is 0. The van der Waals surface area contributed by atoms with E-state index in [2.05, 4.69) is 10.3 Å². The van der Waals surface area contributed by atoms with Gasteiger partial charge in [0.25, 0.3) is 0 Å². The summed E-state index contributed by atoms with van der Waals surface area (Å²) in [6.45, 7) is 3.26. The van der Waals surface area contributed by atoms with Crippen molar-refractivity contribution < 1.29 is 18.7 Å². The minimum absolute atomic E-state index is 0.0280. The van der Waals surface area contributed by atoms with Gasteiger partial charge in [-0.3, -0.25) is 0 Å². The maximum atomic E-state index is 13.1. The monoisotopic (exact) mass is 445 g/mol. The lowest BCUT2D eigenvalue weighted by molar-refractivity contribution is 0.0950. The molecule has 2 aliphatic rings. The largest absolute Gasteiger partial charge is 0.488 e. The molecule has 2 aromatic rings. The Morgan fingerprint density at radius 3 is 2.78 bits per heavy atom. The van der Waals surface area contributed by atoms with Crippen LogP contribution in [0.4, 0.5) is 9.18 Å².